The van der Waals surface area contributed by atoms with E-state index in [1.165, 1.54) is 12.1 Å². The summed E-state index contributed by atoms with van der Waals surface area (Å²) in [5.41, 5.74) is 2.41. The fourth-order valence-corrected chi connectivity index (χ4v) is 3.08. The molecule has 5 nitrogen and oxygen atoms in total. The molecule has 1 heterocycles. The van der Waals surface area contributed by atoms with E-state index in [9.17, 15) is 9.18 Å². The second kappa shape index (κ2) is 9.48. The van der Waals surface area contributed by atoms with Crippen molar-refractivity contribution < 1.29 is 13.9 Å². The highest BCUT2D eigenvalue weighted by atomic mass is 19.1. The summed E-state index contributed by atoms with van der Waals surface area (Å²) in [5.74, 6) is -0.264. The maximum atomic E-state index is 13.3. The van der Waals surface area contributed by atoms with Crippen LogP contribution < -0.4 is 10.6 Å². The Labute approximate surface area is 159 Å². The van der Waals surface area contributed by atoms with Crippen molar-refractivity contribution in [1.82, 2.24) is 10.2 Å². The number of nitrogens with zero attached hydrogens (tertiary/aromatic N) is 1. The SMILES string of the molecule is C[C@@H](CCN1CCOCC1)NC(=O)Nc1ccc(-c2cccc(F)c2)cc1. The number of anilines is 1. The standard InChI is InChI=1S/C21H26FN3O2/c1-16(9-10-25-11-13-27-14-12-25)23-21(26)24-20-7-5-17(6-8-20)18-3-2-4-19(22)15-18/h2-8,15-16H,9-14H2,1H3,(H2,23,24,26)/t16-/m0/s1. The van der Waals surface area contributed by atoms with Crippen molar-refractivity contribution >= 4 is 11.7 Å². The van der Waals surface area contributed by atoms with Crippen LogP contribution in [0.4, 0.5) is 14.9 Å². The maximum Gasteiger partial charge on any atom is 0.319 e. The van der Waals surface area contributed by atoms with Gasteiger partial charge < -0.3 is 15.4 Å². The van der Waals surface area contributed by atoms with Gasteiger partial charge in [-0.05, 0) is 48.7 Å². The molecule has 0 radical (unpaired) electrons. The number of hydrogen-bond acceptors (Lipinski definition) is 3. The van der Waals surface area contributed by atoms with Crippen LogP contribution >= 0.6 is 0 Å². The summed E-state index contributed by atoms with van der Waals surface area (Å²) in [6.07, 6.45) is 0.895. The number of carbonyl (C=O) groups excluding carboxylic acids is 1. The number of halogens is 1. The highest BCUT2D eigenvalue weighted by molar-refractivity contribution is 5.89. The largest absolute Gasteiger partial charge is 0.379 e. The van der Waals surface area contributed by atoms with Crippen molar-refractivity contribution in [3.63, 3.8) is 0 Å². The van der Waals surface area contributed by atoms with E-state index in [1.807, 2.05) is 37.3 Å². The molecule has 1 atom stereocenters. The van der Waals surface area contributed by atoms with Gasteiger partial charge in [0.2, 0.25) is 0 Å². The minimum absolute atomic E-state index is 0.0828. The van der Waals surface area contributed by atoms with Crippen LogP contribution in [0.25, 0.3) is 11.1 Å². The number of hydrogen-bond donors (Lipinski definition) is 2. The van der Waals surface area contributed by atoms with Crippen molar-refractivity contribution in [1.29, 1.82) is 0 Å². The minimum Gasteiger partial charge on any atom is -0.379 e. The molecule has 1 aliphatic rings. The topological polar surface area (TPSA) is 53.6 Å². The molecule has 2 aromatic rings. The summed E-state index contributed by atoms with van der Waals surface area (Å²) in [6, 6.07) is 13.7. The number of amides is 2. The predicted octanol–water partition coefficient (Wildman–Crippen LogP) is 3.73. The van der Waals surface area contributed by atoms with Crippen LogP contribution in [0.5, 0.6) is 0 Å². The van der Waals surface area contributed by atoms with Gasteiger partial charge in [-0.2, -0.15) is 0 Å². The van der Waals surface area contributed by atoms with Gasteiger partial charge in [0.05, 0.1) is 13.2 Å². The summed E-state index contributed by atoms with van der Waals surface area (Å²) >= 11 is 0. The molecule has 0 unspecified atom stereocenters. The molecular formula is C21H26FN3O2. The van der Waals surface area contributed by atoms with Crippen molar-refractivity contribution in [3.05, 3.63) is 54.3 Å². The number of carbonyl (C=O) groups is 1. The molecule has 0 bridgehead atoms. The molecule has 1 aliphatic heterocycles. The minimum atomic E-state index is -0.264. The van der Waals surface area contributed by atoms with Gasteiger partial charge in [-0.3, -0.25) is 4.90 Å². The number of rotatable bonds is 6. The first-order chi connectivity index (χ1) is 13.1. The van der Waals surface area contributed by atoms with Crippen molar-refractivity contribution in [2.75, 3.05) is 38.2 Å². The third kappa shape index (κ3) is 6.05. The Kier molecular flexibility index (Phi) is 6.79. The molecule has 0 aliphatic carbocycles. The van der Waals surface area contributed by atoms with E-state index in [-0.39, 0.29) is 17.9 Å². The third-order valence-electron chi connectivity index (χ3n) is 4.66. The number of morpholine rings is 1. The van der Waals surface area contributed by atoms with Gasteiger partial charge in [0, 0.05) is 31.4 Å². The molecule has 0 aromatic heterocycles. The van der Waals surface area contributed by atoms with Gasteiger partial charge in [0.1, 0.15) is 5.82 Å². The molecular weight excluding hydrogens is 345 g/mol. The molecule has 2 N–H and O–H groups in total. The number of urea groups is 1. The Hall–Kier alpha value is -2.44. The lowest BCUT2D eigenvalue weighted by molar-refractivity contribution is 0.0365. The molecule has 27 heavy (non-hydrogen) atoms. The maximum absolute atomic E-state index is 13.3. The van der Waals surface area contributed by atoms with Gasteiger partial charge in [0.25, 0.3) is 0 Å². The van der Waals surface area contributed by atoms with E-state index >= 15 is 0 Å². The monoisotopic (exact) mass is 371 g/mol. The lowest BCUT2D eigenvalue weighted by Crippen LogP contribution is -2.41. The van der Waals surface area contributed by atoms with E-state index in [4.69, 9.17) is 4.74 Å². The predicted molar refractivity (Wildman–Crippen MR) is 105 cm³/mol. The quantitative estimate of drug-likeness (QED) is 0.814. The molecule has 0 spiro atoms. The lowest BCUT2D eigenvalue weighted by atomic mass is 10.1. The second-order valence-corrected chi connectivity index (χ2v) is 6.83. The van der Waals surface area contributed by atoms with Crippen LogP contribution in [0.1, 0.15) is 13.3 Å². The first-order valence-corrected chi connectivity index (χ1v) is 9.34. The molecule has 144 valence electrons. The van der Waals surface area contributed by atoms with Crippen LogP contribution in [0, 0.1) is 5.82 Å². The summed E-state index contributed by atoms with van der Waals surface area (Å²) in [5, 5.41) is 5.81. The van der Waals surface area contributed by atoms with Crippen molar-refractivity contribution in [2.24, 2.45) is 0 Å². The summed E-state index contributed by atoms with van der Waals surface area (Å²) < 4.78 is 18.7. The summed E-state index contributed by atoms with van der Waals surface area (Å²) in [4.78, 5) is 14.5. The van der Waals surface area contributed by atoms with Crippen molar-refractivity contribution in [2.45, 2.75) is 19.4 Å². The normalized spacial score (nSPS) is 15.9. The third-order valence-corrected chi connectivity index (χ3v) is 4.66. The first-order valence-electron chi connectivity index (χ1n) is 9.34. The number of benzene rings is 2. The highest BCUT2D eigenvalue weighted by Crippen LogP contribution is 2.22. The Morgan fingerprint density at radius 1 is 1.15 bits per heavy atom. The molecule has 1 fully saturated rings. The van der Waals surface area contributed by atoms with E-state index in [0.29, 0.717) is 5.69 Å². The van der Waals surface area contributed by atoms with E-state index < -0.39 is 0 Å². The molecule has 2 amide bonds. The zero-order valence-corrected chi connectivity index (χ0v) is 15.6. The molecule has 6 heteroatoms. The molecule has 0 saturated carbocycles. The number of ether oxygens (including phenoxy) is 1. The molecule has 1 saturated heterocycles. The Bertz CT molecular complexity index is 745. The second-order valence-electron chi connectivity index (χ2n) is 6.83. The Morgan fingerprint density at radius 2 is 1.89 bits per heavy atom. The van der Waals surface area contributed by atoms with Crippen LogP contribution in [-0.2, 0) is 4.74 Å². The lowest BCUT2D eigenvalue weighted by Gasteiger charge is -2.27. The van der Waals surface area contributed by atoms with Gasteiger partial charge in [-0.25, -0.2) is 9.18 Å². The van der Waals surface area contributed by atoms with Crippen LogP contribution in [0.3, 0.4) is 0 Å². The fourth-order valence-electron chi connectivity index (χ4n) is 3.08. The average molecular weight is 371 g/mol. The summed E-state index contributed by atoms with van der Waals surface area (Å²) in [6.45, 7) is 6.44. The van der Waals surface area contributed by atoms with Crippen molar-refractivity contribution in [3.8, 4) is 11.1 Å². The first kappa shape index (κ1) is 19.3. The van der Waals surface area contributed by atoms with Crippen LogP contribution in [-0.4, -0.2) is 49.8 Å². The average Bonchev–Trinajstić information content (AvgIpc) is 2.68. The zero-order valence-electron chi connectivity index (χ0n) is 15.6. The van der Waals surface area contributed by atoms with Crippen LogP contribution in [0.2, 0.25) is 0 Å². The van der Waals surface area contributed by atoms with E-state index in [0.717, 1.165) is 50.4 Å². The molecule has 3 rings (SSSR count). The Morgan fingerprint density at radius 3 is 2.59 bits per heavy atom. The van der Waals surface area contributed by atoms with E-state index in [1.54, 1.807) is 6.07 Å². The van der Waals surface area contributed by atoms with Gasteiger partial charge in [-0.1, -0.05) is 24.3 Å². The smallest absolute Gasteiger partial charge is 0.319 e. The number of nitrogens with one attached hydrogen (secondary N) is 2. The van der Waals surface area contributed by atoms with Gasteiger partial charge in [0.15, 0.2) is 0 Å². The van der Waals surface area contributed by atoms with Gasteiger partial charge in [-0.15, -0.1) is 0 Å². The zero-order chi connectivity index (χ0) is 19.1. The molecule has 2 aromatic carbocycles. The van der Waals surface area contributed by atoms with E-state index in [2.05, 4.69) is 15.5 Å². The fraction of sp³-hybridized carbons (Fsp3) is 0.381. The van der Waals surface area contributed by atoms with Crippen LogP contribution in [0.15, 0.2) is 48.5 Å². The van der Waals surface area contributed by atoms with Gasteiger partial charge >= 0.3 is 6.03 Å². The Balaban J connectivity index is 1.46. The highest BCUT2D eigenvalue weighted by Gasteiger charge is 2.13. The summed E-state index contributed by atoms with van der Waals surface area (Å²) in [7, 11) is 0.